The lowest BCUT2D eigenvalue weighted by atomic mass is 10.2. The van der Waals surface area contributed by atoms with Crippen LogP contribution in [0.2, 0.25) is 0 Å². The lowest BCUT2D eigenvalue weighted by Gasteiger charge is -2.24. The number of aromatic nitrogens is 1. The summed E-state index contributed by atoms with van der Waals surface area (Å²) in [4.78, 5) is 14.0. The fourth-order valence-electron chi connectivity index (χ4n) is 2.36. The summed E-state index contributed by atoms with van der Waals surface area (Å²) in [6.07, 6.45) is 5.46. The Kier molecular flexibility index (Phi) is 4.07. The number of rotatable bonds is 6. The topological polar surface area (TPSA) is 51.3 Å². The molecule has 0 spiro atoms. The molecule has 0 aromatic carbocycles. The maximum atomic E-state index is 11.6. The van der Waals surface area contributed by atoms with Gasteiger partial charge < -0.3 is 15.2 Å². The van der Waals surface area contributed by atoms with Crippen LogP contribution in [-0.2, 0) is 6.54 Å². The summed E-state index contributed by atoms with van der Waals surface area (Å²) in [5.41, 5.74) is 6.36. The molecule has 1 aromatic heterocycles. The highest BCUT2D eigenvalue weighted by molar-refractivity contribution is 5.33. The molecule has 1 atom stereocenters. The number of nitrogen functional groups attached to an aromatic ring is 1. The highest BCUT2D eigenvalue weighted by atomic mass is 16.1. The molecule has 1 aliphatic rings. The third-order valence-corrected chi connectivity index (χ3v) is 3.92. The first kappa shape index (κ1) is 13.1. The Bertz CT molecular complexity index is 451. The fraction of sp³-hybridized carbons (Fsp3) is 0.643. The van der Waals surface area contributed by atoms with Crippen molar-refractivity contribution in [2.24, 2.45) is 5.92 Å². The molecule has 18 heavy (non-hydrogen) atoms. The molecule has 1 aromatic rings. The molecule has 0 saturated heterocycles. The van der Waals surface area contributed by atoms with Crippen LogP contribution in [0.15, 0.2) is 23.1 Å². The van der Waals surface area contributed by atoms with E-state index in [1.807, 2.05) is 0 Å². The zero-order valence-corrected chi connectivity index (χ0v) is 11.3. The van der Waals surface area contributed by atoms with Crippen LogP contribution in [0.5, 0.6) is 0 Å². The van der Waals surface area contributed by atoms with Crippen LogP contribution < -0.4 is 11.3 Å². The number of aryl methyl sites for hydroxylation is 1. The van der Waals surface area contributed by atoms with Gasteiger partial charge in [-0.25, -0.2) is 0 Å². The van der Waals surface area contributed by atoms with Gasteiger partial charge in [0.15, 0.2) is 0 Å². The fourth-order valence-corrected chi connectivity index (χ4v) is 2.36. The van der Waals surface area contributed by atoms with Gasteiger partial charge in [0.25, 0.3) is 5.56 Å². The number of pyridine rings is 1. The minimum atomic E-state index is 0.0297. The monoisotopic (exact) mass is 249 g/mol. The van der Waals surface area contributed by atoms with E-state index < -0.39 is 0 Å². The second-order valence-electron chi connectivity index (χ2n) is 5.41. The average Bonchev–Trinajstić information content (AvgIpc) is 3.16. The van der Waals surface area contributed by atoms with E-state index in [-0.39, 0.29) is 5.56 Å². The predicted octanol–water partition coefficient (Wildman–Crippen LogP) is 1.55. The van der Waals surface area contributed by atoms with Crippen molar-refractivity contribution in [1.82, 2.24) is 9.47 Å². The van der Waals surface area contributed by atoms with Crippen molar-refractivity contribution < 1.29 is 0 Å². The normalized spacial score (nSPS) is 17.1. The average molecular weight is 249 g/mol. The van der Waals surface area contributed by atoms with E-state index >= 15 is 0 Å². The number of hydrogen-bond acceptors (Lipinski definition) is 3. The Morgan fingerprint density at radius 3 is 2.89 bits per heavy atom. The summed E-state index contributed by atoms with van der Waals surface area (Å²) in [6.45, 7) is 4.06. The second kappa shape index (κ2) is 5.57. The molecule has 1 fully saturated rings. The Labute approximate surface area is 108 Å². The van der Waals surface area contributed by atoms with E-state index in [1.54, 1.807) is 16.8 Å². The highest BCUT2D eigenvalue weighted by Gasteiger charge is 2.29. The SMILES string of the molecule is CC(C1CC1)N(C)CCCn1cc(N)ccc1=O. The molecule has 1 unspecified atom stereocenters. The van der Waals surface area contributed by atoms with E-state index in [0.29, 0.717) is 11.7 Å². The van der Waals surface area contributed by atoms with Crippen LogP contribution >= 0.6 is 0 Å². The van der Waals surface area contributed by atoms with E-state index in [0.717, 1.165) is 25.4 Å². The minimum Gasteiger partial charge on any atom is -0.398 e. The molecule has 0 bridgehead atoms. The molecule has 1 aliphatic carbocycles. The van der Waals surface area contributed by atoms with Crippen molar-refractivity contribution >= 4 is 5.69 Å². The quantitative estimate of drug-likeness (QED) is 0.832. The van der Waals surface area contributed by atoms with E-state index in [4.69, 9.17) is 5.73 Å². The van der Waals surface area contributed by atoms with E-state index in [2.05, 4.69) is 18.9 Å². The third kappa shape index (κ3) is 3.35. The summed E-state index contributed by atoms with van der Waals surface area (Å²) in [5, 5.41) is 0. The smallest absolute Gasteiger partial charge is 0.250 e. The summed E-state index contributed by atoms with van der Waals surface area (Å²) in [7, 11) is 2.17. The van der Waals surface area contributed by atoms with Crippen LogP contribution in [0.25, 0.3) is 0 Å². The first-order valence-electron chi connectivity index (χ1n) is 6.74. The van der Waals surface area contributed by atoms with Gasteiger partial charge in [0, 0.05) is 30.5 Å². The van der Waals surface area contributed by atoms with Crippen LogP contribution in [0.3, 0.4) is 0 Å². The summed E-state index contributed by atoms with van der Waals surface area (Å²) in [5.74, 6) is 0.894. The van der Waals surface area contributed by atoms with Gasteiger partial charge in [-0.2, -0.15) is 0 Å². The highest BCUT2D eigenvalue weighted by Crippen LogP contribution is 2.34. The summed E-state index contributed by atoms with van der Waals surface area (Å²) < 4.78 is 1.70. The molecule has 0 aliphatic heterocycles. The van der Waals surface area contributed by atoms with Gasteiger partial charge in [-0.15, -0.1) is 0 Å². The Morgan fingerprint density at radius 1 is 1.50 bits per heavy atom. The number of nitrogens with zero attached hydrogens (tertiary/aromatic N) is 2. The maximum absolute atomic E-state index is 11.6. The largest absolute Gasteiger partial charge is 0.398 e. The molecule has 0 amide bonds. The molecule has 1 saturated carbocycles. The Morgan fingerprint density at radius 2 is 2.22 bits per heavy atom. The number of anilines is 1. The van der Waals surface area contributed by atoms with Crippen LogP contribution in [0, 0.1) is 5.92 Å². The molecule has 2 rings (SSSR count). The summed E-state index contributed by atoms with van der Waals surface area (Å²) >= 11 is 0. The summed E-state index contributed by atoms with van der Waals surface area (Å²) in [6, 6.07) is 3.86. The second-order valence-corrected chi connectivity index (χ2v) is 5.41. The van der Waals surface area contributed by atoms with Crippen LogP contribution in [0.1, 0.15) is 26.2 Å². The zero-order valence-electron chi connectivity index (χ0n) is 11.3. The van der Waals surface area contributed by atoms with Gasteiger partial charge in [-0.1, -0.05) is 0 Å². The van der Waals surface area contributed by atoms with Gasteiger partial charge in [-0.3, -0.25) is 4.79 Å². The van der Waals surface area contributed by atoms with Gasteiger partial charge in [-0.05, 0) is 51.8 Å². The molecule has 4 nitrogen and oxygen atoms in total. The standard InChI is InChI=1S/C14H23N3O/c1-11(12-4-5-12)16(2)8-3-9-17-10-13(15)6-7-14(17)18/h6-7,10-12H,3-5,8-9,15H2,1-2H3. The van der Waals surface area contributed by atoms with Crippen LogP contribution in [-0.4, -0.2) is 29.1 Å². The lowest BCUT2D eigenvalue weighted by Crippen LogP contribution is -2.32. The van der Waals surface area contributed by atoms with E-state index in [9.17, 15) is 4.79 Å². The zero-order chi connectivity index (χ0) is 13.1. The van der Waals surface area contributed by atoms with Gasteiger partial charge in [0.1, 0.15) is 0 Å². The van der Waals surface area contributed by atoms with Crippen molar-refractivity contribution in [2.75, 3.05) is 19.3 Å². The predicted molar refractivity (Wildman–Crippen MR) is 74.5 cm³/mol. The first-order valence-corrected chi connectivity index (χ1v) is 6.74. The van der Waals surface area contributed by atoms with Crippen molar-refractivity contribution in [2.45, 2.75) is 38.8 Å². The molecule has 1 heterocycles. The third-order valence-electron chi connectivity index (χ3n) is 3.92. The number of nitrogens with two attached hydrogens (primary N) is 1. The molecular formula is C14H23N3O. The van der Waals surface area contributed by atoms with Gasteiger partial charge in [0.2, 0.25) is 0 Å². The van der Waals surface area contributed by atoms with E-state index in [1.165, 1.54) is 18.9 Å². The van der Waals surface area contributed by atoms with Crippen LogP contribution in [0.4, 0.5) is 5.69 Å². The Hall–Kier alpha value is -1.29. The van der Waals surface area contributed by atoms with Crippen molar-refractivity contribution in [1.29, 1.82) is 0 Å². The Balaban J connectivity index is 1.80. The molecule has 4 heteroatoms. The molecule has 100 valence electrons. The molecular weight excluding hydrogens is 226 g/mol. The molecule has 2 N–H and O–H groups in total. The van der Waals surface area contributed by atoms with Crippen molar-refractivity contribution in [3.8, 4) is 0 Å². The van der Waals surface area contributed by atoms with Gasteiger partial charge >= 0.3 is 0 Å². The van der Waals surface area contributed by atoms with Crippen molar-refractivity contribution in [3.05, 3.63) is 28.7 Å². The maximum Gasteiger partial charge on any atom is 0.250 e. The minimum absolute atomic E-state index is 0.0297. The van der Waals surface area contributed by atoms with Crippen molar-refractivity contribution in [3.63, 3.8) is 0 Å². The lowest BCUT2D eigenvalue weighted by molar-refractivity contribution is 0.228. The van der Waals surface area contributed by atoms with Gasteiger partial charge in [0.05, 0.1) is 0 Å². The molecule has 0 radical (unpaired) electrons. The number of hydrogen-bond donors (Lipinski definition) is 1. The first-order chi connectivity index (χ1) is 8.58.